The van der Waals surface area contributed by atoms with Crippen molar-refractivity contribution >= 4 is 11.6 Å². The molecule has 0 aliphatic rings. The zero-order valence-corrected chi connectivity index (χ0v) is 7.39. The number of hydrogen-bond acceptors (Lipinski definition) is 1. The first-order chi connectivity index (χ1) is 5.11. The number of rotatable bonds is 1. The van der Waals surface area contributed by atoms with Crippen molar-refractivity contribution < 1.29 is 5.11 Å². The zero-order chi connectivity index (χ0) is 8.43. The molecule has 1 nitrogen and oxygen atoms in total. The molecule has 0 amide bonds. The summed E-state index contributed by atoms with van der Waals surface area (Å²) in [6.45, 7) is 3.66. The minimum atomic E-state index is -0.411. The van der Waals surface area contributed by atoms with Gasteiger partial charge in [0.05, 0.1) is 6.10 Å². The van der Waals surface area contributed by atoms with Gasteiger partial charge in [0.25, 0.3) is 0 Å². The minimum absolute atomic E-state index is 0.411. The molecule has 1 aromatic carbocycles. The van der Waals surface area contributed by atoms with Crippen molar-refractivity contribution in [3.8, 4) is 0 Å². The monoisotopic (exact) mass is 170 g/mol. The van der Waals surface area contributed by atoms with Crippen molar-refractivity contribution in [2.45, 2.75) is 20.0 Å². The number of aliphatic hydroxyl groups excluding tert-OH is 1. The second kappa shape index (κ2) is 3.24. The van der Waals surface area contributed by atoms with E-state index in [0.29, 0.717) is 0 Å². The molecule has 2 heteroatoms. The molecule has 0 aromatic heterocycles. The van der Waals surface area contributed by atoms with Crippen LogP contribution in [0, 0.1) is 6.92 Å². The Bertz CT molecular complexity index is 256. The summed E-state index contributed by atoms with van der Waals surface area (Å²) >= 11 is 5.80. The molecular formula is C9H11ClO. The third-order valence-electron chi connectivity index (χ3n) is 1.66. The van der Waals surface area contributed by atoms with E-state index >= 15 is 0 Å². The molecule has 0 fully saturated rings. The van der Waals surface area contributed by atoms with Gasteiger partial charge in [0.2, 0.25) is 0 Å². The summed E-state index contributed by atoms with van der Waals surface area (Å²) < 4.78 is 0. The van der Waals surface area contributed by atoms with E-state index in [9.17, 15) is 5.11 Å². The van der Waals surface area contributed by atoms with Crippen LogP contribution >= 0.6 is 11.6 Å². The van der Waals surface area contributed by atoms with Crippen LogP contribution in [0.2, 0.25) is 5.02 Å². The van der Waals surface area contributed by atoms with Gasteiger partial charge in [-0.05, 0) is 31.0 Å². The fourth-order valence-electron chi connectivity index (χ4n) is 0.928. The van der Waals surface area contributed by atoms with Gasteiger partial charge in [0, 0.05) is 5.02 Å². The molecule has 0 heterocycles. The predicted octanol–water partition coefficient (Wildman–Crippen LogP) is 2.70. The van der Waals surface area contributed by atoms with Crippen molar-refractivity contribution in [1.29, 1.82) is 0 Å². The largest absolute Gasteiger partial charge is 0.389 e. The van der Waals surface area contributed by atoms with Gasteiger partial charge in [0.15, 0.2) is 0 Å². The lowest BCUT2D eigenvalue weighted by Gasteiger charge is -2.05. The summed E-state index contributed by atoms with van der Waals surface area (Å²) in [6.07, 6.45) is -0.411. The molecule has 0 saturated heterocycles. The summed E-state index contributed by atoms with van der Waals surface area (Å²) in [6, 6.07) is 5.53. The topological polar surface area (TPSA) is 20.2 Å². The smallest absolute Gasteiger partial charge is 0.0762 e. The predicted molar refractivity (Wildman–Crippen MR) is 46.8 cm³/mol. The Morgan fingerprint density at radius 1 is 1.45 bits per heavy atom. The lowest BCUT2D eigenvalue weighted by atomic mass is 10.1. The van der Waals surface area contributed by atoms with Crippen molar-refractivity contribution in [3.63, 3.8) is 0 Å². The highest BCUT2D eigenvalue weighted by Gasteiger charge is 2.01. The second-order valence-electron chi connectivity index (χ2n) is 2.68. The van der Waals surface area contributed by atoms with Crippen LogP contribution in [0.1, 0.15) is 24.2 Å². The second-order valence-corrected chi connectivity index (χ2v) is 3.09. The summed E-state index contributed by atoms with van der Waals surface area (Å²) in [5.41, 5.74) is 1.91. The highest BCUT2D eigenvalue weighted by atomic mass is 35.5. The van der Waals surface area contributed by atoms with Crippen molar-refractivity contribution in [3.05, 3.63) is 34.3 Å². The number of benzene rings is 1. The van der Waals surface area contributed by atoms with Gasteiger partial charge in [-0.25, -0.2) is 0 Å². The van der Waals surface area contributed by atoms with E-state index in [0.717, 1.165) is 16.1 Å². The molecule has 0 spiro atoms. The van der Waals surface area contributed by atoms with E-state index in [1.165, 1.54) is 0 Å². The van der Waals surface area contributed by atoms with Crippen molar-refractivity contribution in [2.75, 3.05) is 0 Å². The molecule has 1 atom stereocenters. The minimum Gasteiger partial charge on any atom is -0.389 e. The molecule has 1 rings (SSSR count). The first kappa shape index (κ1) is 8.57. The third-order valence-corrected chi connectivity index (χ3v) is 2.09. The van der Waals surface area contributed by atoms with E-state index in [2.05, 4.69) is 0 Å². The first-order valence-electron chi connectivity index (χ1n) is 3.55. The molecule has 0 aliphatic carbocycles. The molecule has 11 heavy (non-hydrogen) atoms. The van der Waals surface area contributed by atoms with Crippen LogP contribution in [0.25, 0.3) is 0 Å². The Hall–Kier alpha value is -0.530. The Labute approximate surface area is 71.6 Å². The molecule has 0 saturated carbocycles. The van der Waals surface area contributed by atoms with Gasteiger partial charge < -0.3 is 5.11 Å². The van der Waals surface area contributed by atoms with Crippen molar-refractivity contribution in [2.24, 2.45) is 0 Å². The van der Waals surface area contributed by atoms with Gasteiger partial charge in [-0.3, -0.25) is 0 Å². The number of aliphatic hydroxyl groups is 1. The summed E-state index contributed by atoms with van der Waals surface area (Å²) in [5, 5.41) is 9.94. The lowest BCUT2D eigenvalue weighted by Crippen LogP contribution is -1.90. The standard InChI is InChI=1S/C9H11ClO/c1-6-5-8(7(2)11)3-4-9(6)10/h3-5,7,11H,1-2H3/t7-/m1/s1. The lowest BCUT2D eigenvalue weighted by molar-refractivity contribution is 0.199. The van der Waals surface area contributed by atoms with Crippen LogP contribution in [0.15, 0.2) is 18.2 Å². The maximum absolute atomic E-state index is 9.20. The van der Waals surface area contributed by atoms with E-state index in [4.69, 9.17) is 11.6 Å². The third kappa shape index (κ3) is 1.95. The Balaban J connectivity index is 3.05. The van der Waals surface area contributed by atoms with Crippen molar-refractivity contribution in [1.82, 2.24) is 0 Å². The van der Waals surface area contributed by atoms with E-state index in [-0.39, 0.29) is 0 Å². The zero-order valence-electron chi connectivity index (χ0n) is 6.63. The van der Waals surface area contributed by atoms with Crippen LogP contribution in [0.5, 0.6) is 0 Å². The fourth-order valence-corrected chi connectivity index (χ4v) is 1.05. The molecule has 60 valence electrons. The first-order valence-corrected chi connectivity index (χ1v) is 3.93. The summed E-state index contributed by atoms with van der Waals surface area (Å²) in [4.78, 5) is 0. The van der Waals surface area contributed by atoms with E-state index < -0.39 is 6.10 Å². The molecule has 0 aliphatic heterocycles. The molecule has 0 unspecified atom stereocenters. The molecule has 1 aromatic rings. The molecule has 0 bridgehead atoms. The van der Waals surface area contributed by atoms with Gasteiger partial charge in [-0.1, -0.05) is 23.7 Å². The highest BCUT2D eigenvalue weighted by molar-refractivity contribution is 6.31. The average Bonchev–Trinajstić information content (AvgIpc) is 1.94. The molecule has 0 radical (unpaired) electrons. The summed E-state index contributed by atoms with van der Waals surface area (Å²) in [7, 11) is 0. The van der Waals surface area contributed by atoms with Gasteiger partial charge in [-0.2, -0.15) is 0 Å². The Morgan fingerprint density at radius 3 is 2.55 bits per heavy atom. The average molecular weight is 171 g/mol. The van der Waals surface area contributed by atoms with Crippen LogP contribution in [-0.2, 0) is 0 Å². The SMILES string of the molecule is Cc1cc([C@@H](C)O)ccc1Cl. The quantitative estimate of drug-likeness (QED) is 0.687. The van der Waals surface area contributed by atoms with Crippen LogP contribution < -0.4 is 0 Å². The van der Waals surface area contributed by atoms with E-state index in [1.807, 2.05) is 19.1 Å². The van der Waals surface area contributed by atoms with Gasteiger partial charge in [-0.15, -0.1) is 0 Å². The van der Waals surface area contributed by atoms with Gasteiger partial charge >= 0.3 is 0 Å². The van der Waals surface area contributed by atoms with E-state index in [1.54, 1.807) is 13.0 Å². The Kier molecular flexibility index (Phi) is 2.53. The highest BCUT2D eigenvalue weighted by Crippen LogP contribution is 2.20. The summed E-state index contributed by atoms with van der Waals surface area (Å²) in [5.74, 6) is 0. The number of halogens is 1. The van der Waals surface area contributed by atoms with Gasteiger partial charge in [0.1, 0.15) is 0 Å². The maximum atomic E-state index is 9.20. The van der Waals surface area contributed by atoms with Crippen LogP contribution in [0.3, 0.4) is 0 Å². The maximum Gasteiger partial charge on any atom is 0.0762 e. The molecular weight excluding hydrogens is 160 g/mol. The van der Waals surface area contributed by atoms with Crippen LogP contribution in [0.4, 0.5) is 0 Å². The normalized spacial score (nSPS) is 13.1. The van der Waals surface area contributed by atoms with Crippen LogP contribution in [-0.4, -0.2) is 5.11 Å². The number of aryl methyl sites for hydroxylation is 1. The molecule has 1 N–H and O–H groups in total. The number of hydrogen-bond donors (Lipinski definition) is 1. The fraction of sp³-hybridized carbons (Fsp3) is 0.333. The Morgan fingerprint density at radius 2 is 2.09 bits per heavy atom.